The Hall–Kier alpha value is -5.97. The Morgan fingerprint density at radius 1 is 0.746 bits per heavy atom. The van der Waals surface area contributed by atoms with Gasteiger partial charge in [-0.3, -0.25) is 14.7 Å². The molecule has 0 aliphatic carbocycles. The number of hydrogen-bond donors (Lipinski definition) is 5. The second kappa shape index (κ2) is 16.7. The van der Waals surface area contributed by atoms with Gasteiger partial charge in [-0.2, -0.15) is 10.2 Å². The molecular weight excluding hydrogens is 784 g/mol. The van der Waals surface area contributed by atoms with Crippen LogP contribution >= 0.6 is 12.4 Å². The lowest BCUT2D eigenvalue weighted by atomic mass is 10.1. The first-order valence-corrected chi connectivity index (χ1v) is 22.9. The molecule has 0 spiro atoms. The SMILES string of the molecule is CC(C)(C)NC(=O)c1c[nH]c2ncc(-c3cccc4cn[nH]c34)nc12.CC(C)(C)NC(=O)c1c[nH]c2ncc(-c3cccc4cnn(COCC[Si](C)(C)C)c34)nc12.Cl. The molecule has 17 heteroatoms. The van der Waals surface area contributed by atoms with Crippen LogP contribution < -0.4 is 10.6 Å². The van der Waals surface area contributed by atoms with E-state index in [9.17, 15) is 9.59 Å². The zero-order chi connectivity index (χ0) is 41.4. The van der Waals surface area contributed by atoms with Crippen molar-refractivity contribution in [3.05, 3.63) is 84.7 Å². The van der Waals surface area contributed by atoms with Crippen LogP contribution in [-0.4, -0.2) is 87.5 Å². The Balaban J connectivity index is 0.000000202. The molecule has 0 radical (unpaired) electrons. The van der Waals surface area contributed by atoms with E-state index < -0.39 is 8.07 Å². The first-order chi connectivity index (χ1) is 27.4. The highest BCUT2D eigenvalue weighted by Crippen LogP contribution is 2.30. The predicted octanol–water partition coefficient (Wildman–Crippen LogP) is 8.27. The molecule has 0 aliphatic heterocycles. The number of para-hydroxylation sites is 2. The Morgan fingerprint density at radius 3 is 1.85 bits per heavy atom. The number of nitrogens with one attached hydrogen (secondary N) is 5. The van der Waals surface area contributed by atoms with E-state index in [4.69, 9.17) is 9.72 Å². The topological polar surface area (TPSA) is 197 Å². The van der Waals surface area contributed by atoms with Crippen molar-refractivity contribution >= 4 is 76.4 Å². The monoisotopic (exact) mass is 834 g/mol. The number of nitrogens with zero attached hydrogens (tertiary/aromatic N) is 7. The second-order valence-corrected chi connectivity index (χ2v) is 23.2. The van der Waals surface area contributed by atoms with Crippen molar-refractivity contribution in [2.45, 2.75) is 85.0 Å². The Bertz CT molecular complexity index is 2770. The van der Waals surface area contributed by atoms with Gasteiger partial charge in [-0.15, -0.1) is 12.4 Å². The summed E-state index contributed by atoms with van der Waals surface area (Å²) in [7, 11) is -1.15. The van der Waals surface area contributed by atoms with Crippen molar-refractivity contribution < 1.29 is 14.3 Å². The number of ether oxygens (including phenoxy) is 1. The molecule has 6 heterocycles. The average Bonchev–Trinajstić information content (AvgIpc) is 3.96. The standard InChI is InChI=1S/C24H32N6O2Si.C18H18N6O.ClH/c1-24(2,3)29-23(31)18-13-25-22-20(18)28-19(14-26-22)17-9-7-8-16-12-27-30(21(16)17)15-32-10-11-33(4,5)6;1-18(2,3)23-17(25)12-8-19-16-15(12)22-13(9-20-16)11-6-4-5-10-7-21-24-14(10)11;/h7-9,12-14H,10-11,15H2,1-6H3,(H,25,26)(H,29,31);4-9H,1-3H3,(H,19,20)(H,21,24)(H,23,25);1H. The van der Waals surface area contributed by atoms with Gasteiger partial charge in [0.05, 0.1) is 58.3 Å². The molecule has 0 bridgehead atoms. The van der Waals surface area contributed by atoms with Gasteiger partial charge < -0.3 is 25.3 Å². The first kappa shape index (κ1) is 42.6. The first-order valence-electron chi connectivity index (χ1n) is 19.2. The summed E-state index contributed by atoms with van der Waals surface area (Å²) < 4.78 is 7.82. The van der Waals surface area contributed by atoms with Crippen molar-refractivity contribution in [2.75, 3.05) is 6.61 Å². The van der Waals surface area contributed by atoms with Gasteiger partial charge in [-0.25, -0.2) is 24.6 Å². The van der Waals surface area contributed by atoms with Crippen LogP contribution in [0, 0.1) is 0 Å². The van der Waals surface area contributed by atoms with E-state index in [0.29, 0.717) is 51.6 Å². The van der Waals surface area contributed by atoms with Gasteiger partial charge in [0.15, 0.2) is 11.3 Å². The van der Waals surface area contributed by atoms with Crippen molar-refractivity contribution in [2.24, 2.45) is 0 Å². The minimum atomic E-state index is -1.15. The van der Waals surface area contributed by atoms with Gasteiger partial charge in [-0.1, -0.05) is 56.0 Å². The molecule has 0 saturated carbocycles. The van der Waals surface area contributed by atoms with Crippen LogP contribution in [0.25, 0.3) is 66.6 Å². The lowest BCUT2D eigenvalue weighted by molar-refractivity contribution is 0.0817. The fraction of sp³-hybridized carbons (Fsp3) is 0.333. The van der Waals surface area contributed by atoms with Crippen LogP contribution in [-0.2, 0) is 11.5 Å². The Morgan fingerprint density at radius 2 is 1.29 bits per heavy atom. The van der Waals surface area contributed by atoms with Gasteiger partial charge in [0.25, 0.3) is 11.8 Å². The molecule has 0 unspecified atom stereocenters. The van der Waals surface area contributed by atoms with Crippen molar-refractivity contribution in [1.82, 2.24) is 60.5 Å². The minimum absolute atomic E-state index is 0. The highest BCUT2D eigenvalue weighted by atomic mass is 35.5. The maximum Gasteiger partial charge on any atom is 0.255 e. The smallest absolute Gasteiger partial charge is 0.255 e. The van der Waals surface area contributed by atoms with Crippen LogP contribution in [0.4, 0.5) is 0 Å². The fourth-order valence-corrected chi connectivity index (χ4v) is 7.12. The molecule has 6 aromatic heterocycles. The molecule has 59 heavy (non-hydrogen) atoms. The van der Waals surface area contributed by atoms with E-state index in [1.54, 1.807) is 31.0 Å². The zero-order valence-electron chi connectivity index (χ0n) is 34.8. The lowest BCUT2D eigenvalue weighted by Crippen LogP contribution is -2.40. The maximum absolute atomic E-state index is 12.8. The van der Waals surface area contributed by atoms with E-state index in [1.807, 2.05) is 88.8 Å². The van der Waals surface area contributed by atoms with Crippen LogP contribution in [0.2, 0.25) is 25.7 Å². The fourth-order valence-electron chi connectivity index (χ4n) is 6.36. The molecule has 15 nitrogen and oxygen atoms in total. The molecule has 2 aromatic carbocycles. The van der Waals surface area contributed by atoms with Gasteiger partial charge in [-0.05, 0) is 47.6 Å². The number of aromatic nitrogens is 10. The molecule has 0 aliphatic rings. The molecule has 0 atom stereocenters. The van der Waals surface area contributed by atoms with Crippen LogP contribution in [0.15, 0.2) is 73.6 Å². The number of hydrogen-bond acceptors (Lipinski definition) is 9. The number of aromatic amines is 3. The quantitative estimate of drug-likeness (QED) is 0.0702. The third-order valence-corrected chi connectivity index (χ3v) is 10.8. The van der Waals surface area contributed by atoms with E-state index >= 15 is 0 Å². The number of carbonyl (C=O) groups is 2. The molecule has 308 valence electrons. The highest BCUT2D eigenvalue weighted by Gasteiger charge is 2.22. The Labute approximate surface area is 349 Å². The van der Waals surface area contributed by atoms with E-state index in [1.165, 1.54) is 0 Å². The van der Waals surface area contributed by atoms with Gasteiger partial charge in [0.2, 0.25) is 0 Å². The van der Waals surface area contributed by atoms with Gasteiger partial charge in [0.1, 0.15) is 17.8 Å². The lowest BCUT2D eigenvalue weighted by Gasteiger charge is -2.20. The number of rotatable bonds is 9. The van der Waals surface area contributed by atoms with Crippen LogP contribution in [0.5, 0.6) is 0 Å². The zero-order valence-corrected chi connectivity index (χ0v) is 36.6. The van der Waals surface area contributed by atoms with Crippen LogP contribution in [0.1, 0.15) is 62.3 Å². The Kier molecular flexibility index (Phi) is 12.1. The molecule has 2 amide bonds. The molecule has 5 N–H and O–H groups in total. The van der Waals surface area contributed by atoms with Crippen LogP contribution in [0.3, 0.4) is 0 Å². The summed E-state index contributed by atoms with van der Waals surface area (Å²) in [5.41, 5.74) is 7.54. The molecule has 8 rings (SSSR count). The molecular formula is C42H51ClN12O3Si. The summed E-state index contributed by atoms with van der Waals surface area (Å²) in [6, 6.07) is 13.0. The molecule has 0 fully saturated rings. The highest BCUT2D eigenvalue weighted by molar-refractivity contribution is 6.76. The van der Waals surface area contributed by atoms with E-state index in [0.717, 1.165) is 45.6 Å². The summed E-state index contributed by atoms with van der Waals surface area (Å²) >= 11 is 0. The molecule has 0 saturated heterocycles. The third kappa shape index (κ3) is 9.84. The summed E-state index contributed by atoms with van der Waals surface area (Å²) in [4.78, 5) is 49.9. The van der Waals surface area contributed by atoms with Gasteiger partial charge >= 0.3 is 0 Å². The number of amides is 2. The van der Waals surface area contributed by atoms with Gasteiger partial charge in [0, 0.05) is 60.1 Å². The maximum atomic E-state index is 12.8. The largest absolute Gasteiger partial charge is 0.360 e. The van der Waals surface area contributed by atoms with Crippen molar-refractivity contribution in [3.63, 3.8) is 0 Å². The minimum Gasteiger partial charge on any atom is -0.360 e. The predicted molar refractivity (Wildman–Crippen MR) is 237 cm³/mol. The third-order valence-electron chi connectivity index (χ3n) is 9.13. The number of halogens is 1. The summed E-state index contributed by atoms with van der Waals surface area (Å²) in [6.45, 7) is 19.8. The van der Waals surface area contributed by atoms with Crippen molar-refractivity contribution in [1.29, 1.82) is 0 Å². The van der Waals surface area contributed by atoms with Crippen molar-refractivity contribution in [3.8, 4) is 22.5 Å². The average molecular weight is 835 g/mol. The summed E-state index contributed by atoms with van der Waals surface area (Å²) in [5.74, 6) is -0.357. The number of carbonyl (C=O) groups excluding carboxylic acids is 2. The summed E-state index contributed by atoms with van der Waals surface area (Å²) in [5, 5.41) is 19.6. The number of H-pyrrole nitrogens is 3. The number of benzene rings is 2. The summed E-state index contributed by atoms with van der Waals surface area (Å²) in [6.07, 6.45) is 10.3. The molecule has 8 aromatic rings. The van der Waals surface area contributed by atoms with E-state index in [-0.39, 0.29) is 35.3 Å². The number of fused-ring (bicyclic) bond motifs is 4. The normalized spacial score (nSPS) is 12.1. The van der Waals surface area contributed by atoms with E-state index in [2.05, 4.69) is 70.5 Å². The second-order valence-electron chi connectivity index (χ2n) is 17.6.